The van der Waals surface area contributed by atoms with E-state index >= 15 is 0 Å². The number of ether oxygens (including phenoxy) is 1. The maximum absolute atomic E-state index is 12.2. The van der Waals surface area contributed by atoms with Crippen LogP contribution in [-0.4, -0.2) is 31.9 Å². The van der Waals surface area contributed by atoms with Gasteiger partial charge in [-0.3, -0.25) is 4.79 Å². The number of anilines is 1. The van der Waals surface area contributed by atoms with Gasteiger partial charge in [-0.25, -0.2) is 8.42 Å². The standard InChI is InChI=1S/C17H25NO4S/c1-3-22-16-12-13(2)8-9-15(16)18-17(19)10-11-23(20,21)14-6-4-5-7-14/h8-9,12,14H,3-7,10-11H2,1-2H3,(H,18,19). The maximum Gasteiger partial charge on any atom is 0.225 e. The van der Waals surface area contributed by atoms with Crippen LogP contribution in [0.1, 0.15) is 44.6 Å². The molecule has 0 aromatic heterocycles. The number of hydrogen-bond acceptors (Lipinski definition) is 4. The Balaban J connectivity index is 1.94. The maximum atomic E-state index is 12.2. The molecule has 1 aliphatic rings. The van der Waals surface area contributed by atoms with Crippen molar-refractivity contribution in [2.24, 2.45) is 0 Å². The van der Waals surface area contributed by atoms with E-state index in [0.29, 0.717) is 18.0 Å². The van der Waals surface area contributed by atoms with Crippen molar-refractivity contribution in [3.63, 3.8) is 0 Å². The first-order valence-electron chi connectivity index (χ1n) is 8.17. The molecule has 1 fully saturated rings. The van der Waals surface area contributed by atoms with Crippen LogP contribution in [0.3, 0.4) is 0 Å². The summed E-state index contributed by atoms with van der Waals surface area (Å²) in [5, 5.41) is 2.50. The monoisotopic (exact) mass is 339 g/mol. The normalized spacial score (nSPS) is 15.6. The summed E-state index contributed by atoms with van der Waals surface area (Å²) >= 11 is 0. The summed E-state index contributed by atoms with van der Waals surface area (Å²) < 4.78 is 29.9. The first-order chi connectivity index (χ1) is 10.9. The van der Waals surface area contributed by atoms with Gasteiger partial charge >= 0.3 is 0 Å². The molecule has 1 amide bonds. The number of sulfone groups is 1. The molecule has 1 N–H and O–H groups in total. The van der Waals surface area contributed by atoms with Gasteiger partial charge in [0.25, 0.3) is 0 Å². The lowest BCUT2D eigenvalue weighted by Crippen LogP contribution is -2.24. The van der Waals surface area contributed by atoms with Crippen LogP contribution in [0.15, 0.2) is 18.2 Å². The molecule has 6 heteroatoms. The molecule has 0 aliphatic heterocycles. The van der Waals surface area contributed by atoms with Gasteiger partial charge in [-0.05, 0) is 44.4 Å². The average Bonchev–Trinajstić information content (AvgIpc) is 3.04. The Morgan fingerprint density at radius 1 is 1.30 bits per heavy atom. The molecule has 128 valence electrons. The fourth-order valence-corrected chi connectivity index (χ4v) is 4.72. The van der Waals surface area contributed by atoms with Gasteiger partial charge in [0, 0.05) is 6.42 Å². The molecule has 0 radical (unpaired) electrons. The van der Waals surface area contributed by atoms with Crippen LogP contribution < -0.4 is 10.1 Å². The van der Waals surface area contributed by atoms with Gasteiger partial charge in [-0.2, -0.15) is 0 Å². The first-order valence-corrected chi connectivity index (χ1v) is 9.89. The van der Waals surface area contributed by atoms with Gasteiger partial charge in [0.2, 0.25) is 5.91 Å². The Bertz CT molecular complexity index is 649. The molecule has 1 aromatic rings. The molecule has 2 rings (SSSR count). The summed E-state index contributed by atoms with van der Waals surface area (Å²) in [5.41, 5.74) is 1.62. The Morgan fingerprint density at radius 2 is 2.00 bits per heavy atom. The molecule has 5 nitrogen and oxygen atoms in total. The van der Waals surface area contributed by atoms with Crippen molar-refractivity contribution in [2.45, 2.75) is 51.2 Å². The summed E-state index contributed by atoms with van der Waals surface area (Å²) in [6.45, 7) is 4.33. The van der Waals surface area contributed by atoms with E-state index in [0.717, 1.165) is 31.2 Å². The van der Waals surface area contributed by atoms with E-state index < -0.39 is 9.84 Å². The number of hydrogen-bond donors (Lipinski definition) is 1. The van der Waals surface area contributed by atoms with Crippen LogP contribution in [0.25, 0.3) is 0 Å². The number of nitrogens with one attached hydrogen (secondary N) is 1. The zero-order chi connectivity index (χ0) is 16.9. The third kappa shape index (κ3) is 4.96. The molecule has 0 spiro atoms. The number of amides is 1. The molecule has 1 saturated carbocycles. The van der Waals surface area contributed by atoms with Gasteiger partial charge in [-0.15, -0.1) is 0 Å². The topological polar surface area (TPSA) is 72.5 Å². The number of carbonyl (C=O) groups is 1. The molecule has 0 heterocycles. The molecule has 0 atom stereocenters. The third-order valence-electron chi connectivity index (χ3n) is 4.13. The van der Waals surface area contributed by atoms with Crippen LogP contribution in [0.2, 0.25) is 0 Å². The fraction of sp³-hybridized carbons (Fsp3) is 0.588. The van der Waals surface area contributed by atoms with E-state index in [4.69, 9.17) is 4.74 Å². The molecule has 23 heavy (non-hydrogen) atoms. The predicted octanol–water partition coefficient (Wildman–Crippen LogP) is 3.08. The number of aryl methyl sites for hydroxylation is 1. The van der Waals surface area contributed by atoms with Crippen LogP contribution in [0.4, 0.5) is 5.69 Å². The Hall–Kier alpha value is -1.56. The third-order valence-corrected chi connectivity index (χ3v) is 6.40. The lowest BCUT2D eigenvalue weighted by molar-refractivity contribution is -0.115. The van der Waals surface area contributed by atoms with Gasteiger partial charge < -0.3 is 10.1 Å². The minimum atomic E-state index is -3.17. The quantitative estimate of drug-likeness (QED) is 0.828. The zero-order valence-electron chi connectivity index (χ0n) is 13.8. The van der Waals surface area contributed by atoms with Crippen molar-refractivity contribution in [2.75, 3.05) is 17.7 Å². The second kappa shape index (κ2) is 7.81. The largest absolute Gasteiger partial charge is 0.492 e. The number of benzene rings is 1. The second-order valence-electron chi connectivity index (χ2n) is 6.00. The fourth-order valence-electron chi connectivity index (χ4n) is 2.87. The van der Waals surface area contributed by atoms with Crippen LogP contribution >= 0.6 is 0 Å². The van der Waals surface area contributed by atoms with E-state index in [1.807, 2.05) is 26.0 Å². The highest BCUT2D eigenvalue weighted by Crippen LogP contribution is 2.27. The molecular weight excluding hydrogens is 314 g/mol. The van der Waals surface area contributed by atoms with E-state index in [-0.39, 0.29) is 23.3 Å². The molecule has 1 aliphatic carbocycles. The first kappa shape index (κ1) is 17.8. The SMILES string of the molecule is CCOc1cc(C)ccc1NC(=O)CCS(=O)(=O)C1CCCC1. The Morgan fingerprint density at radius 3 is 2.65 bits per heavy atom. The van der Waals surface area contributed by atoms with E-state index in [9.17, 15) is 13.2 Å². The van der Waals surface area contributed by atoms with Crippen molar-refractivity contribution < 1.29 is 17.9 Å². The van der Waals surface area contributed by atoms with Crippen molar-refractivity contribution in [1.29, 1.82) is 0 Å². The van der Waals surface area contributed by atoms with Crippen LogP contribution in [-0.2, 0) is 14.6 Å². The highest BCUT2D eigenvalue weighted by atomic mass is 32.2. The number of carbonyl (C=O) groups excluding carboxylic acids is 1. The Kier molecular flexibility index (Phi) is 6.04. The molecule has 0 unspecified atom stereocenters. The summed E-state index contributed by atoms with van der Waals surface area (Å²) in [5.74, 6) is 0.232. The molecular formula is C17H25NO4S. The lowest BCUT2D eigenvalue weighted by atomic mass is 10.2. The Labute approximate surface area is 138 Å². The second-order valence-corrected chi connectivity index (χ2v) is 8.40. The lowest BCUT2D eigenvalue weighted by Gasteiger charge is -2.13. The van der Waals surface area contributed by atoms with Crippen molar-refractivity contribution in [3.8, 4) is 5.75 Å². The minimum Gasteiger partial charge on any atom is -0.492 e. The zero-order valence-corrected chi connectivity index (χ0v) is 14.6. The van der Waals surface area contributed by atoms with Crippen LogP contribution in [0, 0.1) is 6.92 Å². The highest BCUT2D eigenvalue weighted by Gasteiger charge is 2.28. The van der Waals surface area contributed by atoms with Crippen molar-refractivity contribution in [3.05, 3.63) is 23.8 Å². The average molecular weight is 339 g/mol. The summed E-state index contributed by atoms with van der Waals surface area (Å²) in [4.78, 5) is 12.1. The van der Waals surface area contributed by atoms with E-state index in [1.165, 1.54) is 0 Å². The van der Waals surface area contributed by atoms with Gasteiger partial charge in [0.1, 0.15) is 5.75 Å². The predicted molar refractivity (Wildman–Crippen MR) is 91.6 cm³/mol. The summed E-state index contributed by atoms with van der Waals surface area (Å²) in [6.07, 6.45) is 3.39. The van der Waals surface area contributed by atoms with Gasteiger partial charge in [0.05, 0.1) is 23.3 Å². The van der Waals surface area contributed by atoms with E-state index in [1.54, 1.807) is 6.07 Å². The van der Waals surface area contributed by atoms with Crippen molar-refractivity contribution in [1.82, 2.24) is 0 Å². The van der Waals surface area contributed by atoms with E-state index in [2.05, 4.69) is 5.32 Å². The molecule has 0 bridgehead atoms. The van der Waals surface area contributed by atoms with Crippen molar-refractivity contribution >= 4 is 21.4 Å². The number of rotatable bonds is 7. The molecule has 0 saturated heterocycles. The summed E-state index contributed by atoms with van der Waals surface area (Å²) in [7, 11) is -3.17. The smallest absolute Gasteiger partial charge is 0.225 e. The van der Waals surface area contributed by atoms with Gasteiger partial charge in [-0.1, -0.05) is 18.9 Å². The minimum absolute atomic E-state index is 0.0156. The van der Waals surface area contributed by atoms with Crippen LogP contribution in [0.5, 0.6) is 5.75 Å². The molecule has 1 aromatic carbocycles. The summed E-state index contributed by atoms with van der Waals surface area (Å²) in [6, 6.07) is 5.52. The highest BCUT2D eigenvalue weighted by molar-refractivity contribution is 7.92. The van der Waals surface area contributed by atoms with Gasteiger partial charge in [0.15, 0.2) is 9.84 Å².